The monoisotopic (exact) mass is 509 g/mol. The molecule has 0 bridgehead atoms. The zero-order valence-electron chi connectivity index (χ0n) is 19.7. The van der Waals surface area contributed by atoms with Crippen LogP contribution in [-0.2, 0) is 23.9 Å². The van der Waals surface area contributed by atoms with Gasteiger partial charge >= 0.3 is 11.9 Å². The Morgan fingerprint density at radius 2 is 1.81 bits per heavy atom. The van der Waals surface area contributed by atoms with Crippen LogP contribution in [0.25, 0.3) is 0 Å². The predicted molar refractivity (Wildman–Crippen MR) is 131 cm³/mol. The van der Waals surface area contributed by atoms with E-state index in [-0.39, 0.29) is 27.8 Å². The molecule has 1 aliphatic rings. The fourth-order valence-corrected chi connectivity index (χ4v) is 4.51. The molecule has 0 aliphatic carbocycles. The van der Waals surface area contributed by atoms with Gasteiger partial charge in [0.15, 0.2) is 0 Å². The lowest BCUT2D eigenvalue weighted by Crippen LogP contribution is -2.44. The Hall–Kier alpha value is -4.30. The fraction of sp³-hybridized carbons (Fsp3) is 0.240. The molecule has 11 heteroatoms. The highest BCUT2D eigenvalue weighted by atomic mass is 32.2. The minimum Gasteiger partial charge on any atom is -0.497 e. The number of nitriles is 1. The largest absolute Gasteiger partial charge is 0.497 e. The molecule has 3 rings (SSSR count). The van der Waals surface area contributed by atoms with Gasteiger partial charge in [0.25, 0.3) is 0 Å². The van der Waals surface area contributed by atoms with Crippen molar-refractivity contribution < 1.29 is 33.4 Å². The third-order valence-electron chi connectivity index (χ3n) is 5.38. The molecule has 1 aliphatic heterocycles. The van der Waals surface area contributed by atoms with Crippen molar-refractivity contribution in [2.75, 3.05) is 32.4 Å². The van der Waals surface area contributed by atoms with Crippen LogP contribution in [0, 0.1) is 17.2 Å². The van der Waals surface area contributed by atoms with E-state index in [9.17, 15) is 24.4 Å². The van der Waals surface area contributed by atoms with E-state index in [2.05, 4.69) is 16.7 Å². The van der Waals surface area contributed by atoms with Crippen LogP contribution in [0.4, 0.5) is 5.69 Å². The van der Waals surface area contributed by atoms with Gasteiger partial charge in [-0.2, -0.15) is 5.26 Å². The molecule has 1 heterocycles. The number of ether oxygens (including phenoxy) is 3. The van der Waals surface area contributed by atoms with Crippen molar-refractivity contribution in [3.05, 3.63) is 70.3 Å². The second kappa shape index (κ2) is 11.9. The topological polar surface area (TPSA) is 144 Å². The lowest BCUT2D eigenvalue weighted by Gasteiger charge is -2.31. The lowest BCUT2D eigenvalue weighted by molar-refractivity contribution is -0.150. The van der Waals surface area contributed by atoms with Crippen LogP contribution in [0.1, 0.15) is 21.8 Å². The molecule has 0 fully saturated rings. The zero-order valence-corrected chi connectivity index (χ0v) is 20.5. The molecule has 2 aromatic carbocycles. The van der Waals surface area contributed by atoms with Crippen LogP contribution in [0.15, 0.2) is 59.1 Å². The van der Waals surface area contributed by atoms with Gasteiger partial charge in [-0.1, -0.05) is 30.0 Å². The van der Waals surface area contributed by atoms with Crippen molar-refractivity contribution in [2.24, 2.45) is 5.92 Å². The van der Waals surface area contributed by atoms with Crippen molar-refractivity contribution in [1.82, 2.24) is 5.32 Å². The van der Waals surface area contributed by atoms with Crippen molar-refractivity contribution >= 4 is 41.2 Å². The third-order valence-corrected chi connectivity index (χ3v) is 6.39. The molecule has 0 saturated carbocycles. The van der Waals surface area contributed by atoms with Crippen LogP contribution in [0.3, 0.4) is 0 Å². The number of anilines is 1. The van der Waals surface area contributed by atoms with Gasteiger partial charge in [0.1, 0.15) is 11.7 Å². The van der Waals surface area contributed by atoms with E-state index in [1.807, 2.05) is 0 Å². The number of rotatable bonds is 8. The number of nitrogens with one attached hydrogen (secondary N) is 2. The number of carbonyl (C=O) groups is 4. The van der Waals surface area contributed by atoms with Crippen molar-refractivity contribution in [3.8, 4) is 11.8 Å². The summed E-state index contributed by atoms with van der Waals surface area (Å²) in [6.07, 6.45) is 0. The van der Waals surface area contributed by atoms with E-state index in [4.69, 9.17) is 14.2 Å². The number of methoxy groups -OCH3 is 3. The van der Waals surface area contributed by atoms with Crippen LogP contribution >= 0.6 is 11.8 Å². The molecule has 186 valence electrons. The summed E-state index contributed by atoms with van der Waals surface area (Å²) in [5, 5.41) is 15.4. The van der Waals surface area contributed by atoms with Gasteiger partial charge in [-0.15, -0.1) is 0 Å². The third kappa shape index (κ3) is 5.84. The van der Waals surface area contributed by atoms with E-state index >= 15 is 0 Å². The van der Waals surface area contributed by atoms with Crippen molar-refractivity contribution in [3.63, 3.8) is 0 Å². The Kier molecular flexibility index (Phi) is 8.70. The lowest BCUT2D eigenvalue weighted by atomic mass is 9.78. The minimum atomic E-state index is -1.33. The average molecular weight is 510 g/mol. The Morgan fingerprint density at radius 3 is 2.42 bits per heavy atom. The van der Waals surface area contributed by atoms with E-state index in [0.717, 1.165) is 18.9 Å². The van der Waals surface area contributed by atoms with Gasteiger partial charge in [0.05, 0.1) is 49.3 Å². The number of hydrogen-bond acceptors (Lipinski definition) is 9. The van der Waals surface area contributed by atoms with E-state index in [1.54, 1.807) is 36.4 Å². The SMILES string of the molecule is COC(=O)c1ccc([C@H]2C(C#N)=C(SCC(=O)Nc3cccc(OC)c3)NC(=O)[C@@H]2C(=O)OC)cc1. The number of nitrogens with zero attached hydrogens (tertiary/aromatic N) is 1. The molecule has 2 aromatic rings. The molecule has 0 aromatic heterocycles. The maximum absolute atomic E-state index is 12.9. The van der Waals surface area contributed by atoms with Crippen LogP contribution < -0.4 is 15.4 Å². The minimum absolute atomic E-state index is 0.0926. The summed E-state index contributed by atoms with van der Waals surface area (Å²) in [5.74, 6) is -4.27. The Morgan fingerprint density at radius 1 is 1.08 bits per heavy atom. The number of hydrogen-bond donors (Lipinski definition) is 2. The fourth-order valence-electron chi connectivity index (χ4n) is 3.66. The standard InChI is InChI=1S/C25H23N3O7S/c1-33-17-6-4-5-16(11-17)27-19(29)13-36-23-18(12-26)20(21(22(30)28-23)25(32)35-3)14-7-9-15(10-8-14)24(31)34-2/h4-11,20-21H,13H2,1-3H3,(H,27,29)(H,28,30)/t20-,21+/m0/s1. The zero-order chi connectivity index (χ0) is 26.2. The first-order valence-corrected chi connectivity index (χ1v) is 11.6. The Bertz CT molecular complexity index is 1250. The number of thioether (sulfide) groups is 1. The van der Waals surface area contributed by atoms with E-state index < -0.39 is 29.7 Å². The van der Waals surface area contributed by atoms with Gasteiger partial charge < -0.3 is 24.8 Å². The smallest absolute Gasteiger partial charge is 0.337 e. The van der Waals surface area contributed by atoms with E-state index in [1.165, 1.54) is 26.4 Å². The number of carbonyl (C=O) groups excluding carboxylic acids is 4. The van der Waals surface area contributed by atoms with Crippen LogP contribution in [0.2, 0.25) is 0 Å². The Balaban J connectivity index is 1.89. The molecule has 2 N–H and O–H groups in total. The van der Waals surface area contributed by atoms with Gasteiger partial charge in [0.2, 0.25) is 11.8 Å². The number of benzene rings is 2. The van der Waals surface area contributed by atoms with Gasteiger partial charge in [-0.05, 0) is 29.8 Å². The number of allylic oxidation sites excluding steroid dienone is 1. The summed E-state index contributed by atoms with van der Waals surface area (Å²) < 4.78 is 14.7. The maximum Gasteiger partial charge on any atom is 0.337 e. The predicted octanol–water partition coefficient (Wildman–Crippen LogP) is 2.59. The van der Waals surface area contributed by atoms with Crippen molar-refractivity contribution in [2.45, 2.75) is 5.92 Å². The quantitative estimate of drug-likeness (QED) is 0.405. The molecular formula is C25H23N3O7S. The normalized spacial score (nSPS) is 16.9. The number of esters is 2. The summed E-state index contributed by atoms with van der Waals surface area (Å²) in [7, 11) is 3.91. The summed E-state index contributed by atoms with van der Waals surface area (Å²) in [6.45, 7) is 0. The molecular weight excluding hydrogens is 486 g/mol. The summed E-state index contributed by atoms with van der Waals surface area (Å²) in [6, 6.07) is 14.9. The molecule has 2 amide bonds. The van der Waals surface area contributed by atoms with Gasteiger partial charge in [-0.3, -0.25) is 14.4 Å². The molecule has 36 heavy (non-hydrogen) atoms. The maximum atomic E-state index is 12.9. The van der Waals surface area contributed by atoms with Gasteiger partial charge in [0, 0.05) is 17.7 Å². The average Bonchev–Trinajstić information content (AvgIpc) is 2.90. The molecule has 2 atom stereocenters. The molecule has 0 saturated heterocycles. The summed E-state index contributed by atoms with van der Waals surface area (Å²) >= 11 is 0.958. The van der Waals surface area contributed by atoms with Crippen LogP contribution in [0.5, 0.6) is 5.75 Å². The molecule has 0 unspecified atom stereocenters. The number of amides is 2. The first-order chi connectivity index (χ1) is 17.3. The summed E-state index contributed by atoms with van der Waals surface area (Å²) in [4.78, 5) is 49.7. The Labute approximate surface area is 211 Å². The summed E-state index contributed by atoms with van der Waals surface area (Å²) in [5.41, 5.74) is 1.33. The first-order valence-electron chi connectivity index (χ1n) is 10.6. The second-order valence-corrected chi connectivity index (χ2v) is 8.49. The molecule has 0 spiro atoms. The first kappa shape index (κ1) is 26.3. The highest BCUT2D eigenvalue weighted by Gasteiger charge is 2.44. The van der Waals surface area contributed by atoms with Crippen LogP contribution in [-0.4, -0.2) is 50.8 Å². The van der Waals surface area contributed by atoms with Gasteiger partial charge in [-0.25, -0.2) is 4.79 Å². The second-order valence-electron chi connectivity index (χ2n) is 7.50. The highest BCUT2D eigenvalue weighted by Crippen LogP contribution is 2.40. The highest BCUT2D eigenvalue weighted by molar-refractivity contribution is 8.03. The van der Waals surface area contributed by atoms with E-state index in [0.29, 0.717) is 17.0 Å². The molecule has 10 nitrogen and oxygen atoms in total. The van der Waals surface area contributed by atoms with Crippen molar-refractivity contribution in [1.29, 1.82) is 5.26 Å². The molecule has 0 radical (unpaired) electrons.